The van der Waals surface area contributed by atoms with Gasteiger partial charge in [0.25, 0.3) is 0 Å². The van der Waals surface area contributed by atoms with Crippen LogP contribution in [0.3, 0.4) is 0 Å². The molecule has 148 valence electrons. The third kappa shape index (κ3) is 3.31. The molecule has 2 aromatic carbocycles. The smallest absolute Gasteiger partial charge is 0.346 e. The fourth-order valence-electron chi connectivity index (χ4n) is 3.54. The summed E-state index contributed by atoms with van der Waals surface area (Å²) in [7, 11) is 1.42. The molecule has 4 rings (SSSR count). The number of nitrogens with one attached hydrogen (secondary N) is 1. The van der Waals surface area contributed by atoms with Gasteiger partial charge in [0.05, 0.1) is 12.8 Å². The predicted octanol–water partition coefficient (Wildman–Crippen LogP) is 4.44. The van der Waals surface area contributed by atoms with E-state index >= 15 is 0 Å². The lowest BCUT2D eigenvalue weighted by Crippen LogP contribution is -2.22. The van der Waals surface area contributed by atoms with Crippen LogP contribution >= 0.6 is 11.3 Å². The minimum absolute atomic E-state index is 0.0264. The number of thiophene rings is 1. The Morgan fingerprint density at radius 2 is 2.07 bits per heavy atom. The van der Waals surface area contributed by atoms with Gasteiger partial charge in [-0.05, 0) is 35.4 Å². The molecule has 1 atom stereocenters. The summed E-state index contributed by atoms with van der Waals surface area (Å²) in [5, 5.41) is 22.4. The first-order chi connectivity index (χ1) is 13.9. The van der Waals surface area contributed by atoms with Gasteiger partial charge in [0.1, 0.15) is 10.7 Å². The Balaban J connectivity index is 1.93. The molecule has 1 aromatic heterocycles. The average Bonchev–Trinajstić information content (AvgIpc) is 3.07. The topological polar surface area (TPSA) is 95.9 Å². The van der Waals surface area contributed by atoms with Crippen LogP contribution in [0.1, 0.15) is 32.5 Å². The van der Waals surface area contributed by atoms with Crippen molar-refractivity contribution < 1.29 is 28.9 Å². The second kappa shape index (κ2) is 7.21. The number of methoxy groups -OCH3 is 1. The van der Waals surface area contributed by atoms with Gasteiger partial charge >= 0.3 is 5.97 Å². The molecule has 0 saturated heterocycles. The molecule has 3 aromatic rings. The van der Waals surface area contributed by atoms with E-state index in [-0.39, 0.29) is 28.7 Å². The van der Waals surface area contributed by atoms with Crippen molar-refractivity contribution in [2.45, 2.75) is 12.3 Å². The molecule has 0 unspecified atom stereocenters. The van der Waals surface area contributed by atoms with E-state index in [4.69, 9.17) is 4.74 Å². The van der Waals surface area contributed by atoms with Gasteiger partial charge in [-0.2, -0.15) is 0 Å². The van der Waals surface area contributed by atoms with Crippen LogP contribution in [-0.2, 0) is 4.79 Å². The van der Waals surface area contributed by atoms with Crippen molar-refractivity contribution in [1.82, 2.24) is 0 Å². The second-order valence-corrected chi connectivity index (χ2v) is 7.65. The number of amides is 1. The van der Waals surface area contributed by atoms with Gasteiger partial charge in [-0.1, -0.05) is 18.2 Å². The number of aromatic carboxylic acids is 1. The number of halogens is 1. The molecule has 6 nitrogen and oxygen atoms in total. The number of phenolic OH excluding ortho intramolecular Hbond substituents is 1. The van der Waals surface area contributed by atoms with Crippen LogP contribution in [0.15, 0.2) is 42.5 Å². The first-order valence-electron chi connectivity index (χ1n) is 8.71. The fraction of sp³-hybridized carbons (Fsp3) is 0.143. The molecule has 2 heterocycles. The summed E-state index contributed by atoms with van der Waals surface area (Å²) in [5.74, 6) is -2.12. The molecule has 0 fully saturated rings. The highest BCUT2D eigenvalue weighted by Crippen LogP contribution is 2.50. The zero-order valence-electron chi connectivity index (χ0n) is 15.2. The zero-order chi connectivity index (χ0) is 20.7. The SMILES string of the molecule is COc1cc([C@@H]2CC(=O)Nc3c2sc(C(=O)O)c3-c2cccc(F)c2)ccc1O. The lowest BCUT2D eigenvalue weighted by molar-refractivity contribution is -0.116. The Labute approximate surface area is 169 Å². The number of carboxylic acid groups (broad SMARTS) is 1. The van der Waals surface area contributed by atoms with Crippen LogP contribution in [0.25, 0.3) is 11.1 Å². The summed E-state index contributed by atoms with van der Waals surface area (Å²) in [6, 6.07) is 10.4. The number of hydrogen-bond donors (Lipinski definition) is 3. The first-order valence-corrected chi connectivity index (χ1v) is 9.53. The molecule has 0 spiro atoms. The minimum atomic E-state index is -1.15. The molecule has 0 aliphatic carbocycles. The monoisotopic (exact) mass is 413 g/mol. The lowest BCUT2D eigenvalue weighted by Gasteiger charge is -2.24. The number of hydrogen-bond acceptors (Lipinski definition) is 5. The molecule has 0 bridgehead atoms. The minimum Gasteiger partial charge on any atom is -0.504 e. The normalized spacial score (nSPS) is 15.5. The Morgan fingerprint density at radius 1 is 1.28 bits per heavy atom. The fourth-order valence-corrected chi connectivity index (χ4v) is 4.78. The molecule has 29 heavy (non-hydrogen) atoms. The molecular weight excluding hydrogens is 397 g/mol. The van der Waals surface area contributed by atoms with Gasteiger partial charge in [0.2, 0.25) is 5.91 Å². The Hall–Kier alpha value is -3.39. The van der Waals surface area contributed by atoms with E-state index in [0.29, 0.717) is 27.3 Å². The molecule has 0 saturated carbocycles. The van der Waals surface area contributed by atoms with Crippen LogP contribution in [-0.4, -0.2) is 29.2 Å². The zero-order valence-corrected chi connectivity index (χ0v) is 16.0. The highest BCUT2D eigenvalue weighted by molar-refractivity contribution is 7.15. The number of carbonyl (C=O) groups is 2. The lowest BCUT2D eigenvalue weighted by atomic mass is 9.88. The summed E-state index contributed by atoms with van der Waals surface area (Å²) in [5.41, 5.74) is 1.76. The Kier molecular flexibility index (Phi) is 4.71. The second-order valence-electron chi connectivity index (χ2n) is 6.60. The summed E-state index contributed by atoms with van der Waals surface area (Å²) in [4.78, 5) is 25.1. The van der Waals surface area contributed by atoms with Crippen LogP contribution < -0.4 is 10.1 Å². The van der Waals surface area contributed by atoms with Crippen molar-refractivity contribution in [3.63, 3.8) is 0 Å². The van der Waals surface area contributed by atoms with Gasteiger partial charge in [0, 0.05) is 22.8 Å². The van der Waals surface area contributed by atoms with Crippen molar-refractivity contribution >= 4 is 28.9 Å². The summed E-state index contributed by atoms with van der Waals surface area (Å²) in [6.07, 6.45) is 0.114. The van der Waals surface area contributed by atoms with Crippen molar-refractivity contribution in [3.05, 3.63) is 63.6 Å². The number of carboxylic acids is 1. The maximum Gasteiger partial charge on any atom is 0.346 e. The maximum absolute atomic E-state index is 13.8. The van der Waals surface area contributed by atoms with Crippen molar-refractivity contribution in [1.29, 1.82) is 0 Å². The largest absolute Gasteiger partial charge is 0.504 e. The van der Waals surface area contributed by atoms with Gasteiger partial charge < -0.3 is 20.3 Å². The Morgan fingerprint density at radius 3 is 2.76 bits per heavy atom. The summed E-state index contributed by atoms with van der Waals surface area (Å²) >= 11 is 1.05. The number of rotatable bonds is 4. The molecule has 8 heteroatoms. The highest BCUT2D eigenvalue weighted by Gasteiger charge is 2.34. The van der Waals surface area contributed by atoms with Crippen LogP contribution in [0, 0.1) is 5.82 Å². The van der Waals surface area contributed by atoms with E-state index in [1.807, 2.05) is 0 Å². The third-order valence-electron chi connectivity index (χ3n) is 4.82. The van der Waals surface area contributed by atoms with E-state index in [2.05, 4.69) is 5.32 Å². The van der Waals surface area contributed by atoms with Gasteiger partial charge in [-0.15, -0.1) is 11.3 Å². The molecule has 3 N–H and O–H groups in total. The average molecular weight is 413 g/mol. The number of benzene rings is 2. The number of aromatic hydroxyl groups is 1. The predicted molar refractivity (Wildman–Crippen MR) is 106 cm³/mol. The molecule has 1 aliphatic rings. The number of carbonyl (C=O) groups excluding carboxylic acids is 1. The van der Waals surface area contributed by atoms with Crippen LogP contribution in [0.2, 0.25) is 0 Å². The quantitative estimate of drug-likeness (QED) is 0.588. The molecule has 0 radical (unpaired) electrons. The number of anilines is 1. The molecule has 1 amide bonds. The van der Waals surface area contributed by atoms with E-state index in [1.165, 1.54) is 31.4 Å². The van der Waals surface area contributed by atoms with Crippen LogP contribution in [0.5, 0.6) is 11.5 Å². The molecule has 1 aliphatic heterocycles. The Bertz CT molecular complexity index is 1140. The number of fused-ring (bicyclic) bond motifs is 1. The highest BCUT2D eigenvalue weighted by atomic mass is 32.1. The van der Waals surface area contributed by atoms with Crippen molar-refractivity contribution in [3.8, 4) is 22.6 Å². The van der Waals surface area contributed by atoms with Gasteiger partial charge in [0.15, 0.2) is 11.5 Å². The number of ether oxygens (including phenoxy) is 1. The molecular formula is C21H16FNO5S. The van der Waals surface area contributed by atoms with E-state index < -0.39 is 17.7 Å². The van der Waals surface area contributed by atoms with Crippen molar-refractivity contribution in [2.24, 2.45) is 0 Å². The standard InChI is InChI=1S/C21H16FNO5S/c1-28-15-8-10(5-6-14(15)24)13-9-16(25)23-18-17(11-3-2-4-12(22)7-11)20(21(26)27)29-19(13)18/h2-8,13,24H,9H2,1H3,(H,23,25)(H,26,27)/t13-/m0/s1. The van der Waals surface area contributed by atoms with Crippen molar-refractivity contribution in [2.75, 3.05) is 12.4 Å². The van der Waals surface area contributed by atoms with E-state index in [9.17, 15) is 24.2 Å². The summed E-state index contributed by atoms with van der Waals surface area (Å²) < 4.78 is 19.0. The first kappa shape index (κ1) is 18.9. The van der Waals surface area contributed by atoms with Crippen LogP contribution in [0.4, 0.5) is 10.1 Å². The van der Waals surface area contributed by atoms with E-state index in [1.54, 1.807) is 18.2 Å². The van der Waals surface area contributed by atoms with Gasteiger partial charge in [-0.3, -0.25) is 4.79 Å². The third-order valence-corrected chi connectivity index (χ3v) is 6.11. The maximum atomic E-state index is 13.8. The van der Waals surface area contributed by atoms with E-state index in [0.717, 1.165) is 11.3 Å². The number of phenols is 1. The van der Waals surface area contributed by atoms with Gasteiger partial charge in [-0.25, -0.2) is 9.18 Å². The summed E-state index contributed by atoms with van der Waals surface area (Å²) in [6.45, 7) is 0.